The second-order valence-corrected chi connectivity index (χ2v) is 8.70. The number of aromatic nitrogens is 2. The number of hydrogen-bond donors (Lipinski definition) is 0. The summed E-state index contributed by atoms with van der Waals surface area (Å²) in [5.41, 5.74) is -1.95. The number of likely N-dealkylation sites (tertiary alicyclic amines) is 1. The number of anilines is 1. The van der Waals surface area contributed by atoms with Gasteiger partial charge in [-0.1, -0.05) is 0 Å². The molecule has 172 valence electrons. The van der Waals surface area contributed by atoms with Crippen molar-refractivity contribution in [3.8, 4) is 0 Å². The maximum atomic E-state index is 13.0. The number of hydrogen-bond acceptors (Lipinski definition) is 7. The lowest BCUT2D eigenvalue weighted by atomic mass is 9.92. The van der Waals surface area contributed by atoms with Gasteiger partial charge in [-0.25, -0.2) is 9.97 Å². The smallest absolute Gasteiger partial charge is 0.378 e. The van der Waals surface area contributed by atoms with Crippen LogP contribution in [-0.2, 0) is 25.2 Å². The van der Waals surface area contributed by atoms with Crippen LogP contribution in [0.3, 0.4) is 0 Å². The predicted molar refractivity (Wildman–Crippen MR) is 104 cm³/mol. The van der Waals surface area contributed by atoms with E-state index in [1.54, 1.807) is 16.9 Å². The lowest BCUT2D eigenvalue weighted by molar-refractivity contribution is -0.145. The second-order valence-electron chi connectivity index (χ2n) is 8.70. The van der Waals surface area contributed by atoms with E-state index in [4.69, 9.17) is 14.2 Å². The number of morpholine rings is 1. The van der Waals surface area contributed by atoms with E-state index in [1.165, 1.54) is 0 Å². The number of nitrogens with zero attached hydrogens (tertiary/aromatic N) is 4. The molecule has 1 aromatic rings. The lowest BCUT2D eigenvalue weighted by Crippen LogP contribution is -2.53. The predicted octanol–water partition coefficient (Wildman–Crippen LogP) is 1.89. The van der Waals surface area contributed by atoms with E-state index < -0.39 is 23.6 Å². The van der Waals surface area contributed by atoms with Crippen molar-refractivity contribution < 1.29 is 32.2 Å². The van der Waals surface area contributed by atoms with Gasteiger partial charge < -0.3 is 24.0 Å². The quantitative estimate of drug-likeness (QED) is 0.705. The number of ether oxygens (including phenoxy) is 3. The number of piperidine rings is 1. The fraction of sp³-hybridized carbons (Fsp3) is 0.750. The van der Waals surface area contributed by atoms with Crippen molar-refractivity contribution in [2.45, 2.75) is 49.7 Å². The molecule has 1 spiro atoms. The van der Waals surface area contributed by atoms with Gasteiger partial charge in [0.2, 0.25) is 0 Å². The van der Waals surface area contributed by atoms with E-state index in [1.807, 2.05) is 6.92 Å². The molecular weight excluding hydrogens is 417 g/mol. The minimum absolute atomic E-state index is 0.0721. The number of alkyl halides is 3. The van der Waals surface area contributed by atoms with Crippen molar-refractivity contribution in [3.63, 3.8) is 0 Å². The summed E-state index contributed by atoms with van der Waals surface area (Å²) in [6.07, 6.45) is -2.37. The van der Waals surface area contributed by atoms with Gasteiger partial charge in [0.15, 0.2) is 0 Å². The first kappa shape index (κ1) is 22.2. The number of carbonyl (C=O) groups excluding carboxylic acids is 1. The molecule has 2 atom stereocenters. The van der Waals surface area contributed by atoms with Gasteiger partial charge in [-0.05, 0) is 19.8 Å². The normalized spacial score (nSPS) is 28.9. The zero-order chi connectivity index (χ0) is 22.3. The van der Waals surface area contributed by atoms with Gasteiger partial charge in [-0.15, -0.1) is 0 Å². The molecule has 31 heavy (non-hydrogen) atoms. The molecule has 1 amide bonds. The molecule has 0 bridgehead atoms. The van der Waals surface area contributed by atoms with Gasteiger partial charge in [-0.3, -0.25) is 4.79 Å². The number of halogens is 3. The Bertz CT molecular complexity index is 816. The molecule has 3 fully saturated rings. The minimum atomic E-state index is -4.54. The Kier molecular flexibility index (Phi) is 5.86. The summed E-state index contributed by atoms with van der Waals surface area (Å²) in [5, 5.41) is 0. The summed E-state index contributed by atoms with van der Waals surface area (Å²) in [6.45, 7) is 4.46. The molecule has 0 saturated carbocycles. The van der Waals surface area contributed by atoms with Gasteiger partial charge in [0.1, 0.15) is 29.5 Å². The first-order chi connectivity index (χ1) is 14.6. The zero-order valence-corrected chi connectivity index (χ0v) is 17.7. The van der Waals surface area contributed by atoms with Gasteiger partial charge in [0.25, 0.3) is 5.91 Å². The highest BCUT2D eigenvalue weighted by molar-refractivity contribution is 5.81. The number of rotatable bonds is 3. The Morgan fingerprint density at radius 1 is 1.26 bits per heavy atom. The summed E-state index contributed by atoms with van der Waals surface area (Å²) in [7, 11) is 1.68. The molecule has 2 unspecified atom stereocenters. The van der Waals surface area contributed by atoms with Crippen LogP contribution in [0.2, 0.25) is 0 Å². The average molecular weight is 444 g/mol. The van der Waals surface area contributed by atoms with E-state index in [-0.39, 0.29) is 23.9 Å². The van der Waals surface area contributed by atoms with Gasteiger partial charge >= 0.3 is 6.18 Å². The topological polar surface area (TPSA) is 77.0 Å². The average Bonchev–Trinajstić information content (AvgIpc) is 3.16. The summed E-state index contributed by atoms with van der Waals surface area (Å²) >= 11 is 0. The van der Waals surface area contributed by atoms with Crippen LogP contribution >= 0.6 is 0 Å². The van der Waals surface area contributed by atoms with Crippen molar-refractivity contribution in [1.82, 2.24) is 14.9 Å². The van der Waals surface area contributed by atoms with E-state index in [9.17, 15) is 18.0 Å². The molecule has 4 rings (SSSR count). The third kappa shape index (κ3) is 4.63. The number of carbonyl (C=O) groups is 1. The van der Waals surface area contributed by atoms with Crippen molar-refractivity contribution >= 4 is 11.7 Å². The molecule has 0 aromatic carbocycles. The van der Waals surface area contributed by atoms with E-state index >= 15 is 0 Å². The van der Waals surface area contributed by atoms with E-state index in [0.717, 1.165) is 25.2 Å². The number of methoxy groups -OCH3 is 1. The van der Waals surface area contributed by atoms with Gasteiger partial charge in [0, 0.05) is 39.2 Å². The van der Waals surface area contributed by atoms with Crippen LogP contribution < -0.4 is 4.90 Å². The maximum absolute atomic E-state index is 13.0. The summed E-state index contributed by atoms with van der Waals surface area (Å²) in [4.78, 5) is 23.8. The monoisotopic (exact) mass is 444 g/mol. The summed E-state index contributed by atoms with van der Waals surface area (Å²) < 4.78 is 56.4. The van der Waals surface area contributed by atoms with Crippen LogP contribution in [0, 0.1) is 0 Å². The Hall–Kier alpha value is -1.98. The fourth-order valence-electron chi connectivity index (χ4n) is 4.40. The highest BCUT2D eigenvalue weighted by Gasteiger charge is 2.48. The Balaban J connectivity index is 1.40. The largest absolute Gasteiger partial charge is 0.433 e. The summed E-state index contributed by atoms with van der Waals surface area (Å²) in [5.74, 6) is 0.117. The molecule has 0 aliphatic carbocycles. The molecule has 0 radical (unpaired) electrons. The molecule has 1 aromatic heterocycles. The highest BCUT2D eigenvalue weighted by Crippen LogP contribution is 2.35. The Morgan fingerprint density at radius 2 is 2.00 bits per heavy atom. The van der Waals surface area contributed by atoms with Crippen LogP contribution in [0.15, 0.2) is 12.4 Å². The Morgan fingerprint density at radius 3 is 2.68 bits per heavy atom. The Labute approximate surface area is 178 Å². The maximum Gasteiger partial charge on any atom is 0.433 e. The van der Waals surface area contributed by atoms with Crippen LogP contribution in [0.1, 0.15) is 31.9 Å². The van der Waals surface area contributed by atoms with Crippen LogP contribution in [0.25, 0.3) is 0 Å². The zero-order valence-electron chi connectivity index (χ0n) is 17.7. The molecule has 3 saturated heterocycles. The number of amides is 1. The molecule has 0 N–H and O–H groups in total. The third-order valence-corrected chi connectivity index (χ3v) is 6.52. The van der Waals surface area contributed by atoms with Gasteiger partial charge in [0.05, 0.1) is 25.4 Å². The van der Waals surface area contributed by atoms with E-state index in [2.05, 4.69) is 9.97 Å². The van der Waals surface area contributed by atoms with Crippen molar-refractivity contribution in [1.29, 1.82) is 0 Å². The van der Waals surface area contributed by atoms with Crippen molar-refractivity contribution in [2.75, 3.05) is 51.4 Å². The van der Waals surface area contributed by atoms with Crippen LogP contribution in [0.4, 0.5) is 19.0 Å². The molecule has 3 aliphatic rings. The second kappa shape index (κ2) is 8.18. The van der Waals surface area contributed by atoms with Crippen LogP contribution in [-0.4, -0.2) is 84.6 Å². The van der Waals surface area contributed by atoms with E-state index in [0.29, 0.717) is 39.2 Å². The highest BCUT2D eigenvalue weighted by atomic mass is 19.4. The molecule has 4 heterocycles. The third-order valence-electron chi connectivity index (χ3n) is 6.52. The molecular formula is C20H27F3N4O4. The minimum Gasteiger partial charge on any atom is -0.378 e. The van der Waals surface area contributed by atoms with Crippen LogP contribution in [0.5, 0.6) is 0 Å². The molecule has 3 aliphatic heterocycles. The first-order valence-corrected chi connectivity index (χ1v) is 10.4. The molecule has 11 heteroatoms. The van der Waals surface area contributed by atoms with Crippen molar-refractivity contribution in [2.24, 2.45) is 0 Å². The molecule has 8 nitrogen and oxygen atoms in total. The standard InChI is InChI=1S/C20H27F3N4O4/c1-18(29-2)3-5-26(6-4-18)17(28)14-10-19(12-30-14)11-27(7-8-31-19)16-9-15(20(21,22)23)24-13-25-16/h9,13-14H,3-8,10-12H2,1-2H3. The van der Waals surface area contributed by atoms with Gasteiger partial charge in [-0.2, -0.15) is 13.2 Å². The SMILES string of the molecule is COC1(C)CCN(C(=O)C2CC3(CO2)CN(c2cc(C(F)(F)F)ncn2)CCO3)CC1. The first-order valence-electron chi connectivity index (χ1n) is 10.4. The fourth-order valence-corrected chi connectivity index (χ4v) is 4.40. The van der Waals surface area contributed by atoms with Crippen molar-refractivity contribution in [3.05, 3.63) is 18.1 Å². The lowest BCUT2D eigenvalue weighted by Gasteiger charge is -2.40. The summed E-state index contributed by atoms with van der Waals surface area (Å²) in [6, 6.07) is 0.942.